The zero-order valence-electron chi connectivity index (χ0n) is 13.5. The smallest absolute Gasteiger partial charge is 0.287 e. The van der Waals surface area contributed by atoms with E-state index >= 15 is 0 Å². The molecule has 1 aliphatic rings. The summed E-state index contributed by atoms with van der Waals surface area (Å²) < 4.78 is 4.97. The van der Waals surface area contributed by atoms with Gasteiger partial charge in [-0.25, -0.2) is 0 Å². The number of carbonyl (C=O) groups is 2. The minimum absolute atomic E-state index is 0.134. The Morgan fingerprint density at radius 1 is 1.25 bits per heavy atom. The van der Waals surface area contributed by atoms with Gasteiger partial charge >= 0.3 is 0 Å². The second-order valence-corrected chi connectivity index (χ2v) is 6.11. The first-order valence-electron chi connectivity index (χ1n) is 8.39. The van der Waals surface area contributed by atoms with Crippen LogP contribution in [-0.2, 0) is 4.79 Å². The third-order valence-corrected chi connectivity index (χ3v) is 4.31. The lowest BCUT2D eigenvalue weighted by atomic mass is 9.97. The third kappa shape index (κ3) is 4.24. The molecule has 0 bridgehead atoms. The fourth-order valence-corrected chi connectivity index (χ4v) is 3.04. The van der Waals surface area contributed by atoms with E-state index in [1.165, 1.54) is 31.9 Å². The summed E-state index contributed by atoms with van der Waals surface area (Å²) in [5.41, 5.74) is 1.08. The molecule has 0 spiro atoms. The van der Waals surface area contributed by atoms with Crippen molar-refractivity contribution in [2.75, 3.05) is 11.9 Å². The van der Waals surface area contributed by atoms with Crippen molar-refractivity contribution < 1.29 is 14.0 Å². The number of nitrogens with one attached hydrogen (secondary N) is 3. The van der Waals surface area contributed by atoms with Crippen molar-refractivity contribution >= 4 is 17.6 Å². The summed E-state index contributed by atoms with van der Waals surface area (Å²) in [4.78, 5) is 23.6. The van der Waals surface area contributed by atoms with E-state index in [0.29, 0.717) is 11.7 Å². The van der Waals surface area contributed by atoms with Gasteiger partial charge in [-0.15, -0.1) is 0 Å². The molecule has 24 heavy (non-hydrogen) atoms. The van der Waals surface area contributed by atoms with Gasteiger partial charge in [0.25, 0.3) is 5.91 Å². The van der Waals surface area contributed by atoms with Crippen molar-refractivity contribution in [3.8, 4) is 0 Å². The molecule has 128 valence electrons. The third-order valence-electron chi connectivity index (χ3n) is 4.31. The van der Waals surface area contributed by atoms with Gasteiger partial charge in [0.1, 0.15) is 0 Å². The van der Waals surface area contributed by atoms with E-state index in [4.69, 9.17) is 4.42 Å². The van der Waals surface area contributed by atoms with Crippen LogP contribution in [0, 0.1) is 0 Å². The Balaban J connectivity index is 1.49. The molecule has 1 saturated carbocycles. The summed E-state index contributed by atoms with van der Waals surface area (Å²) in [5, 5.41) is 12.4. The molecule has 2 amide bonds. The Morgan fingerprint density at radius 2 is 2.04 bits per heavy atom. The van der Waals surface area contributed by atoms with E-state index in [9.17, 15) is 9.59 Å². The van der Waals surface area contributed by atoms with E-state index in [1.54, 1.807) is 12.1 Å². The van der Waals surface area contributed by atoms with Gasteiger partial charge in [0.2, 0.25) is 5.91 Å². The van der Waals surface area contributed by atoms with E-state index < -0.39 is 5.91 Å². The Hall–Kier alpha value is -2.57. The zero-order valence-corrected chi connectivity index (χ0v) is 13.5. The van der Waals surface area contributed by atoms with Crippen LogP contribution in [0.3, 0.4) is 0 Å². The molecule has 0 aliphatic heterocycles. The van der Waals surface area contributed by atoms with E-state index in [2.05, 4.69) is 20.8 Å². The van der Waals surface area contributed by atoms with Crippen LogP contribution in [-0.4, -0.2) is 28.6 Å². The number of rotatable bonds is 5. The predicted octanol–water partition coefficient (Wildman–Crippen LogP) is 2.81. The van der Waals surface area contributed by atoms with Crippen molar-refractivity contribution in [1.29, 1.82) is 0 Å². The molecular formula is C17H22N4O3. The molecule has 0 radical (unpaired) electrons. The highest BCUT2D eigenvalue weighted by Gasteiger charge is 2.17. The lowest BCUT2D eigenvalue weighted by Crippen LogP contribution is -2.32. The van der Waals surface area contributed by atoms with Gasteiger partial charge in [-0.2, -0.15) is 5.10 Å². The van der Waals surface area contributed by atoms with Crippen LogP contribution >= 0.6 is 0 Å². The van der Waals surface area contributed by atoms with Crippen LogP contribution in [0.1, 0.15) is 60.7 Å². The van der Waals surface area contributed by atoms with Crippen molar-refractivity contribution in [2.45, 2.75) is 44.4 Å². The highest BCUT2D eigenvalue weighted by molar-refractivity contribution is 5.97. The fraction of sp³-hybridized carbons (Fsp3) is 0.471. The maximum atomic E-state index is 11.9. The molecule has 1 fully saturated rings. The Bertz CT molecular complexity index is 670. The van der Waals surface area contributed by atoms with Gasteiger partial charge in [0.15, 0.2) is 11.6 Å². The summed E-state index contributed by atoms with van der Waals surface area (Å²) in [6, 6.07) is 5.05. The van der Waals surface area contributed by atoms with Gasteiger partial charge in [-0.05, 0) is 25.0 Å². The molecule has 0 saturated heterocycles. The minimum Gasteiger partial charge on any atom is -0.459 e. The maximum Gasteiger partial charge on any atom is 0.287 e. The highest BCUT2D eigenvalue weighted by atomic mass is 16.3. The summed E-state index contributed by atoms with van der Waals surface area (Å²) >= 11 is 0. The molecule has 1 aliphatic carbocycles. The lowest BCUT2D eigenvalue weighted by molar-refractivity contribution is -0.115. The average molecular weight is 330 g/mol. The van der Waals surface area contributed by atoms with Crippen LogP contribution in [0.2, 0.25) is 0 Å². The molecule has 7 nitrogen and oxygen atoms in total. The summed E-state index contributed by atoms with van der Waals surface area (Å²) in [6.45, 7) is -0.134. The van der Waals surface area contributed by atoms with Crippen LogP contribution in [0.15, 0.2) is 28.9 Å². The number of hydrogen-bond donors (Lipinski definition) is 3. The maximum absolute atomic E-state index is 11.9. The van der Waals surface area contributed by atoms with Crippen molar-refractivity contribution in [1.82, 2.24) is 15.5 Å². The van der Waals surface area contributed by atoms with Gasteiger partial charge in [0, 0.05) is 17.7 Å². The van der Waals surface area contributed by atoms with Gasteiger partial charge in [-0.1, -0.05) is 25.7 Å². The second-order valence-electron chi connectivity index (χ2n) is 6.11. The topological polar surface area (TPSA) is 100 Å². The normalized spacial score (nSPS) is 15.7. The summed E-state index contributed by atoms with van der Waals surface area (Å²) in [7, 11) is 0. The monoisotopic (exact) mass is 330 g/mol. The van der Waals surface area contributed by atoms with E-state index in [0.717, 1.165) is 18.5 Å². The molecule has 2 aromatic heterocycles. The average Bonchev–Trinajstić information content (AvgIpc) is 3.20. The van der Waals surface area contributed by atoms with E-state index in [-0.39, 0.29) is 18.2 Å². The molecular weight excluding hydrogens is 308 g/mol. The molecule has 2 aromatic rings. The van der Waals surface area contributed by atoms with Gasteiger partial charge in [-0.3, -0.25) is 14.7 Å². The number of anilines is 1. The number of carbonyl (C=O) groups excluding carboxylic acids is 2. The van der Waals surface area contributed by atoms with Crippen LogP contribution in [0.4, 0.5) is 5.82 Å². The lowest BCUT2D eigenvalue weighted by Gasteiger charge is -2.10. The quantitative estimate of drug-likeness (QED) is 0.734. The molecule has 2 heterocycles. The van der Waals surface area contributed by atoms with Crippen LogP contribution in [0.5, 0.6) is 0 Å². The Kier molecular flexibility index (Phi) is 5.30. The number of H-pyrrole nitrogens is 1. The molecule has 0 atom stereocenters. The van der Waals surface area contributed by atoms with Crippen LogP contribution < -0.4 is 10.6 Å². The highest BCUT2D eigenvalue weighted by Crippen LogP contribution is 2.31. The van der Waals surface area contributed by atoms with E-state index in [1.807, 2.05) is 6.07 Å². The Labute approximate surface area is 140 Å². The fourth-order valence-electron chi connectivity index (χ4n) is 3.04. The predicted molar refractivity (Wildman–Crippen MR) is 88.7 cm³/mol. The molecule has 0 aromatic carbocycles. The molecule has 7 heteroatoms. The first-order valence-corrected chi connectivity index (χ1v) is 8.39. The number of amides is 2. The van der Waals surface area contributed by atoms with Crippen LogP contribution in [0.25, 0.3) is 0 Å². The second kappa shape index (κ2) is 7.81. The Morgan fingerprint density at radius 3 is 2.75 bits per heavy atom. The first kappa shape index (κ1) is 16.3. The molecule has 3 rings (SSSR count). The number of aromatic amines is 1. The molecule has 3 N–H and O–H groups in total. The van der Waals surface area contributed by atoms with Gasteiger partial charge < -0.3 is 15.1 Å². The van der Waals surface area contributed by atoms with Crippen molar-refractivity contribution in [3.05, 3.63) is 35.9 Å². The largest absolute Gasteiger partial charge is 0.459 e. The number of hydrogen-bond acceptors (Lipinski definition) is 4. The number of furan rings is 1. The number of aromatic nitrogens is 2. The zero-order chi connectivity index (χ0) is 16.8. The summed E-state index contributed by atoms with van der Waals surface area (Å²) in [6.07, 6.45) is 8.80. The van der Waals surface area contributed by atoms with Gasteiger partial charge in [0.05, 0.1) is 12.8 Å². The number of nitrogens with zero attached hydrogens (tertiary/aromatic N) is 1. The van der Waals surface area contributed by atoms with Crippen molar-refractivity contribution in [3.63, 3.8) is 0 Å². The minimum atomic E-state index is -0.420. The standard InChI is InChI=1S/C17H22N4O3/c22-16(11-18-17(23)14-8-5-9-24-14)19-15-10-13(20-21-15)12-6-3-1-2-4-7-12/h5,8-10,12H,1-4,6-7,11H2,(H,18,23)(H2,19,20,21,22). The van der Waals surface area contributed by atoms with Crippen molar-refractivity contribution in [2.24, 2.45) is 0 Å². The SMILES string of the molecule is O=C(CNC(=O)c1ccco1)Nc1cc(C2CCCCCC2)[nH]n1. The molecule has 0 unspecified atom stereocenters. The first-order chi connectivity index (χ1) is 11.7. The summed E-state index contributed by atoms with van der Waals surface area (Å²) in [5.74, 6) is 0.416.